The van der Waals surface area contributed by atoms with Crippen molar-refractivity contribution in [1.29, 1.82) is 0 Å². The normalized spacial score (nSPS) is 12.2. The van der Waals surface area contributed by atoms with Crippen molar-refractivity contribution in [2.75, 3.05) is 25.5 Å². The molecule has 0 spiro atoms. The van der Waals surface area contributed by atoms with Crippen molar-refractivity contribution in [3.8, 4) is 0 Å². The molecule has 1 amide bonds. The highest BCUT2D eigenvalue weighted by Gasteiger charge is 2.15. The van der Waals surface area contributed by atoms with Gasteiger partial charge in [0, 0.05) is 22.8 Å². The molecule has 0 radical (unpaired) electrons. The summed E-state index contributed by atoms with van der Waals surface area (Å²) in [6.45, 7) is 4.39. The summed E-state index contributed by atoms with van der Waals surface area (Å²) in [6.07, 6.45) is 3.05. The number of anilines is 1. The second-order valence-corrected chi connectivity index (χ2v) is 6.84. The van der Waals surface area contributed by atoms with Crippen LogP contribution >= 0.6 is 11.6 Å². The molecule has 148 valence electrons. The Morgan fingerprint density at radius 3 is 2.57 bits per heavy atom. The van der Waals surface area contributed by atoms with Crippen LogP contribution in [-0.4, -0.2) is 37.0 Å². The molecule has 1 atom stereocenters. The molecule has 2 aromatic rings. The molecule has 0 heterocycles. The topological polar surface area (TPSA) is 58.6 Å². The molecule has 28 heavy (non-hydrogen) atoms. The number of halogens is 1. The second kappa shape index (κ2) is 10.6. The van der Waals surface area contributed by atoms with Crippen molar-refractivity contribution >= 4 is 35.2 Å². The number of nitrogens with zero attached hydrogens (tertiary/aromatic N) is 1. The number of likely N-dealkylation sites (N-methyl/N-ethyl adjacent to an activating group) is 1. The molecule has 0 aliphatic heterocycles. The third-order valence-corrected chi connectivity index (χ3v) is 4.51. The summed E-state index contributed by atoms with van der Waals surface area (Å²) in [7, 11) is 1.90. The lowest BCUT2D eigenvalue weighted by Gasteiger charge is -2.24. The lowest BCUT2D eigenvalue weighted by molar-refractivity contribution is -0.137. The van der Waals surface area contributed by atoms with E-state index in [-0.39, 0.29) is 24.5 Å². The molecule has 1 N–H and O–H groups in total. The van der Waals surface area contributed by atoms with E-state index in [1.807, 2.05) is 55.3 Å². The van der Waals surface area contributed by atoms with E-state index in [9.17, 15) is 9.59 Å². The fourth-order valence-electron chi connectivity index (χ4n) is 2.62. The molecule has 0 fully saturated rings. The first kappa shape index (κ1) is 21.7. The molecule has 2 rings (SSSR count). The predicted molar refractivity (Wildman–Crippen MR) is 113 cm³/mol. The Labute approximate surface area is 170 Å². The Hall–Kier alpha value is -2.63. The van der Waals surface area contributed by atoms with Crippen LogP contribution in [0.5, 0.6) is 0 Å². The Balaban J connectivity index is 1.89. The summed E-state index contributed by atoms with van der Waals surface area (Å²) in [4.78, 5) is 25.6. The number of amides is 1. The molecule has 2 aromatic carbocycles. The molecule has 0 saturated heterocycles. The van der Waals surface area contributed by atoms with Gasteiger partial charge in [-0.15, -0.1) is 0 Å². The van der Waals surface area contributed by atoms with Crippen molar-refractivity contribution in [2.45, 2.75) is 19.9 Å². The first-order valence-corrected chi connectivity index (χ1v) is 9.47. The highest BCUT2D eigenvalue weighted by atomic mass is 35.5. The maximum absolute atomic E-state index is 12.3. The average Bonchev–Trinajstić information content (AvgIpc) is 2.67. The van der Waals surface area contributed by atoms with Gasteiger partial charge in [0.2, 0.25) is 5.91 Å². The number of rotatable bonds is 8. The molecule has 0 bridgehead atoms. The fourth-order valence-corrected chi connectivity index (χ4v) is 2.82. The number of hydrogen-bond donors (Lipinski definition) is 1. The van der Waals surface area contributed by atoms with Gasteiger partial charge < -0.3 is 10.1 Å². The zero-order valence-corrected chi connectivity index (χ0v) is 17.1. The third-order valence-electron chi connectivity index (χ3n) is 4.28. The van der Waals surface area contributed by atoms with Crippen LogP contribution < -0.4 is 5.32 Å². The summed E-state index contributed by atoms with van der Waals surface area (Å²) in [6, 6.07) is 14.9. The molecule has 0 aliphatic rings. The minimum atomic E-state index is -0.378. The lowest BCUT2D eigenvalue weighted by atomic mass is 10.1. The van der Waals surface area contributed by atoms with Crippen LogP contribution in [0.15, 0.2) is 54.6 Å². The maximum Gasteiger partial charge on any atom is 0.330 e. The van der Waals surface area contributed by atoms with Gasteiger partial charge in [-0.25, -0.2) is 4.79 Å². The van der Waals surface area contributed by atoms with E-state index < -0.39 is 0 Å². The summed E-state index contributed by atoms with van der Waals surface area (Å²) >= 11 is 6.05. The molecule has 5 nitrogen and oxygen atoms in total. The molecule has 1 unspecified atom stereocenters. The van der Waals surface area contributed by atoms with E-state index in [4.69, 9.17) is 16.3 Å². The number of hydrogen-bond acceptors (Lipinski definition) is 4. The van der Waals surface area contributed by atoms with Crippen LogP contribution in [0.4, 0.5) is 5.69 Å². The van der Waals surface area contributed by atoms with Crippen LogP contribution in [0.3, 0.4) is 0 Å². The SMILES string of the molecule is CCOC(=O)/C=C/c1ccc(NC(=O)CN(C)C(C)c2cccc(Cl)c2)cc1. The van der Waals surface area contributed by atoms with E-state index in [1.54, 1.807) is 25.1 Å². The maximum atomic E-state index is 12.3. The number of nitrogens with one attached hydrogen (secondary N) is 1. The fraction of sp³-hybridized carbons (Fsp3) is 0.273. The zero-order valence-electron chi connectivity index (χ0n) is 16.3. The number of benzene rings is 2. The van der Waals surface area contributed by atoms with E-state index >= 15 is 0 Å². The molecule has 0 aromatic heterocycles. The number of ether oxygens (including phenoxy) is 1. The van der Waals surface area contributed by atoms with E-state index in [0.29, 0.717) is 17.3 Å². The first-order chi connectivity index (χ1) is 13.4. The summed E-state index contributed by atoms with van der Waals surface area (Å²) in [5.74, 6) is -0.483. The Bertz CT molecular complexity index is 834. The summed E-state index contributed by atoms with van der Waals surface area (Å²) < 4.78 is 4.84. The Morgan fingerprint density at radius 1 is 1.21 bits per heavy atom. The summed E-state index contributed by atoms with van der Waals surface area (Å²) in [5.41, 5.74) is 2.60. The van der Waals surface area contributed by atoms with Gasteiger partial charge in [-0.3, -0.25) is 9.69 Å². The van der Waals surface area contributed by atoms with Gasteiger partial charge in [-0.2, -0.15) is 0 Å². The van der Waals surface area contributed by atoms with Gasteiger partial charge in [0.1, 0.15) is 0 Å². The van der Waals surface area contributed by atoms with E-state index in [0.717, 1.165) is 11.1 Å². The zero-order chi connectivity index (χ0) is 20.5. The molecular weight excluding hydrogens is 376 g/mol. The van der Waals surface area contributed by atoms with Crippen LogP contribution in [0.1, 0.15) is 31.0 Å². The van der Waals surface area contributed by atoms with Crippen molar-refractivity contribution in [3.05, 3.63) is 70.8 Å². The third kappa shape index (κ3) is 6.83. The monoisotopic (exact) mass is 400 g/mol. The van der Waals surface area contributed by atoms with Crippen molar-refractivity contribution in [1.82, 2.24) is 4.90 Å². The Kier molecular flexibility index (Phi) is 8.23. The second-order valence-electron chi connectivity index (χ2n) is 6.40. The number of esters is 1. The standard InChI is InChI=1S/C22H25ClN2O3/c1-4-28-22(27)13-10-17-8-11-20(12-9-17)24-21(26)15-25(3)16(2)18-6-5-7-19(23)14-18/h5-14,16H,4,15H2,1-3H3,(H,24,26)/b13-10+. The van der Waals surface area contributed by atoms with Gasteiger partial charge in [0.15, 0.2) is 0 Å². The van der Waals surface area contributed by atoms with E-state index in [2.05, 4.69) is 5.32 Å². The first-order valence-electron chi connectivity index (χ1n) is 9.09. The quantitative estimate of drug-likeness (QED) is 0.521. The largest absolute Gasteiger partial charge is 0.463 e. The number of carbonyl (C=O) groups excluding carboxylic acids is 2. The van der Waals surface area contributed by atoms with Crippen LogP contribution in [-0.2, 0) is 14.3 Å². The minimum Gasteiger partial charge on any atom is -0.463 e. The van der Waals surface area contributed by atoms with E-state index in [1.165, 1.54) is 6.08 Å². The molecule has 0 saturated carbocycles. The van der Waals surface area contributed by atoms with Gasteiger partial charge >= 0.3 is 5.97 Å². The molecule has 0 aliphatic carbocycles. The molecule has 6 heteroatoms. The van der Waals surface area contributed by atoms with Crippen molar-refractivity contribution < 1.29 is 14.3 Å². The van der Waals surface area contributed by atoms with Crippen molar-refractivity contribution in [3.63, 3.8) is 0 Å². The minimum absolute atomic E-state index is 0.0554. The van der Waals surface area contributed by atoms with Gasteiger partial charge in [-0.05, 0) is 62.4 Å². The lowest BCUT2D eigenvalue weighted by Crippen LogP contribution is -2.32. The number of carbonyl (C=O) groups is 2. The summed E-state index contributed by atoms with van der Waals surface area (Å²) in [5, 5.41) is 3.56. The van der Waals surface area contributed by atoms with Crippen molar-refractivity contribution in [2.24, 2.45) is 0 Å². The average molecular weight is 401 g/mol. The highest BCUT2D eigenvalue weighted by Crippen LogP contribution is 2.21. The van der Waals surface area contributed by atoms with Crippen LogP contribution in [0.2, 0.25) is 5.02 Å². The van der Waals surface area contributed by atoms with Gasteiger partial charge in [0.25, 0.3) is 0 Å². The highest BCUT2D eigenvalue weighted by molar-refractivity contribution is 6.30. The molecular formula is C22H25ClN2O3. The predicted octanol–water partition coefficient (Wildman–Crippen LogP) is 4.55. The van der Waals surface area contributed by atoms with Gasteiger partial charge in [0.05, 0.1) is 13.2 Å². The Morgan fingerprint density at radius 2 is 1.93 bits per heavy atom. The smallest absolute Gasteiger partial charge is 0.330 e. The van der Waals surface area contributed by atoms with Gasteiger partial charge in [-0.1, -0.05) is 35.9 Å². The van der Waals surface area contributed by atoms with Crippen LogP contribution in [0, 0.1) is 0 Å². The van der Waals surface area contributed by atoms with Crippen LogP contribution in [0.25, 0.3) is 6.08 Å².